The molecular weight excluding hydrogens is 133 g/mol. The molecule has 0 atom stereocenters. The Labute approximate surface area is 57.1 Å². The fraction of sp³-hybridized carbons (Fsp3) is 0. The van der Waals surface area contributed by atoms with Crippen molar-refractivity contribution in [2.75, 3.05) is 0 Å². The van der Waals surface area contributed by atoms with Gasteiger partial charge in [-0.1, -0.05) is 6.07 Å². The molecule has 0 saturated heterocycles. The van der Waals surface area contributed by atoms with E-state index in [1.54, 1.807) is 6.07 Å². The van der Waals surface area contributed by atoms with Crippen molar-refractivity contribution in [2.45, 2.75) is 0 Å². The second kappa shape index (κ2) is 2.36. The molecule has 0 spiro atoms. The molecule has 0 aliphatic heterocycles. The van der Waals surface area contributed by atoms with Crippen molar-refractivity contribution in [1.82, 2.24) is 0 Å². The molecule has 0 amide bonds. The smallest absolute Gasteiger partial charge is 0.273 e. The largest absolute Gasteiger partial charge is 0.507 e. The number of phenolic OH excluding ortho intramolecular Hbond substituents is 1. The Kier molecular flexibility index (Phi) is 1.55. The van der Waals surface area contributed by atoms with E-state index in [2.05, 4.69) is 0 Å². The van der Waals surface area contributed by atoms with Crippen molar-refractivity contribution in [2.24, 2.45) is 0 Å². The molecule has 1 N–H and O–H groups in total. The number of halogens is 1. The molecule has 0 bridgehead atoms. The summed E-state index contributed by atoms with van der Waals surface area (Å²) in [6.45, 7) is 0. The van der Waals surface area contributed by atoms with E-state index < -0.39 is 0 Å². The van der Waals surface area contributed by atoms with E-state index in [1.807, 2.05) is 12.1 Å². The fourth-order valence-corrected chi connectivity index (χ4v) is 0.738. The van der Waals surface area contributed by atoms with Gasteiger partial charge in [0.2, 0.25) is 0 Å². The standard InChI is InChI=1S/C6H4O.CFN/c7-6-2-1-4-3-5(4)6;2-1-3/h1-3,7H;. The summed E-state index contributed by atoms with van der Waals surface area (Å²) in [5, 5.41) is 15.4. The van der Waals surface area contributed by atoms with Crippen LogP contribution >= 0.6 is 0 Å². The number of benzene rings is 1. The third-order valence-corrected chi connectivity index (χ3v) is 1.22. The molecule has 0 heterocycles. The lowest BCUT2D eigenvalue weighted by molar-refractivity contribution is 0.480. The van der Waals surface area contributed by atoms with Crippen LogP contribution in [-0.4, -0.2) is 5.11 Å². The second-order valence-electron chi connectivity index (χ2n) is 1.82. The second-order valence-corrected chi connectivity index (χ2v) is 1.82. The number of fused-ring (bicyclic) bond motifs is 1. The minimum absolute atomic E-state index is 0.250. The fourth-order valence-electron chi connectivity index (χ4n) is 0.738. The first kappa shape index (κ1) is 6.56. The predicted molar refractivity (Wildman–Crippen MR) is 33.8 cm³/mol. The lowest BCUT2D eigenvalue weighted by atomic mass is 10.5. The highest BCUT2D eigenvalue weighted by Crippen LogP contribution is 2.42. The van der Waals surface area contributed by atoms with Gasteiger partial charge in [-0.05, 0) is 17.7 Å². The predicted octanol–water partition coefficient (Wildman–Crippen LogP) is 1.81. The van der Waals surface area contributed by atoms with E-state index in [0.717, 1.165) is 5.56 Å². The van der Waals surface area contributed by atoms with Gasteiger partial charge in [-0.2, -0.15) is 5.26 Å². The zero-order valence-corrected chi connectivity index (χ0v) is 5.00. The van der Waals surface area contributed by atoms with E-state index in [1.165, 1.54) is 5.56 Å². The Morgan fingerprint density at radius 1 is 1.50 bits per heavy atom. The molecule has 10 heavy (non-hydrogen) atoms. The number of aromatic hydroxyl groups is 1. The summed E-state index contributed by atoms with van der Waals surface area (Å²) in [6.07, 6.45) is 0.250. The van der Waals surface area contributed by atoms with Crippen LogP contribution in [0.1, 0.15) is 0 Å². The number of hydrogen-bond acceptors (Lipinski definition) is 2. The van der Waals surface area contributed by atoms with Gasteiger partial charge in [0, 0.05) is 5.56 Å². The average Bonchev–Trinajstić information content (AvgIpc) is 2.57. The molecule has 0 fully saturated rings. The van der Waals surface area contributed by atoms with Crippen LogP contribution in [0.25, 0.3) is 11.1 Å². The zero-order valence-electron chi connectivity index (χ0n) is 5.00. The minimum Gasteiger partial charge on any atom is -0.507 e. The molecule has 0 aromatic heterocycles. The van der Waals surface area contributed by atoms with Crippen LogP contribution in [0.4, 0.5) is 4.39 Å². The van der Waals surface area contributed by atoms with E-state index in [4.69, 9.17) is 10.4 Å². The molecule has 0 saturated carbocycles. The number of phenols is 1. The highest BCUT2D eigenvalue weighted by Gasteiger charge is 2.15. The summed E-state index contributed by atoms with van der Waals surface area (Å²) in [7, 11) is 0. The molecule has 50 valence electrons. The van der Waals surface area contributed by atoms with Gasteiger partial charge in [0.15, 0.2) is 0 Å². The molecule has 2 nitrogen and oxygen atoms in total. The first-order valence-corrected chi connectivity index (χ1v) is 2.62. The number of rotatable bonds is 0. The molecule has 3 heteroatoms. The van der Waals surface area contributed by atoms with Crippen LogP contribution in [0.3, 0.4) is 0 Å². The molecule has 2 aliphatic carbocycles. The van der Waals surface area contributed by atoms with E-state index in [9.17, 15) is 4.39 Å². The summed E-state index contributed by atoms with van der Waals surface area (Å²) >= 11 is 0. The van der Waals surface area contributed by atoms with Gasteiger partial charge in [0.05, 0.1) is 0 Å². The average molecular weight is 137 g/mol. The lowest BCUT2D eigenvalue weighted by Gasteiger charge is -1.72. The monoisotopic (exact) mass is 137 g/mol. The maximum absolute atomic E-state index is 9.60. The normalized spacial score (nSPS) is 8.80. The number of nitrogens with zero attached hydrogens (tertiary/aromatic N) is 1. The molecule has 0 radical (unpaired) electrons. The summed E-state index contributed by atoms with van der Waals surface area (Å²) in [5.41, 5.74) is 2.22. The maximum atomic E-state index is 9.60. The summed E-state index contributed by atoms with van der Waals surface area (Å²) in [6, 6.07) is 5.57. The van der Waals surface area contributed by atoms with Crippen molar-refractivity contribution in [3.63, 3.8) is 0 Å². The summed E-state index contributed by atoms with van der Waals surface area (Å²) in [4.78, 5) is 0. The van der Waals surface area contributed by atoms with E-state index >= 15 is 0 Å². The van der Waals surface area contributed by atoms with E-state index in [-0.39, 0.29) is 6.32 Å². The van der Waals surface area contributed by atoms with Crippen LogP contribution < -0.4 is 0 Å². The van der Waals surface area contributed by atoms with Crippen molar-refractivity contribution >= 4 is 0 Å². The highest BCUT2D eigenvalue weighted by molar-refractivity contribution is 5.86. The molecule has 0 aromatic rings. The van der Waals surface area contributed by atoms with Gasteiger partial charge < -0.3 is 5.11 Å². The summed E-state index contributed by atoms with van der Waals surface area (Å²) in [5.74, 6) is 0.426. The van der Waals surface area contributed by atoms with Crippen LogP contribution in [0.15, 0.2) is 18.2 Å². The Morgan fingerprint density at radius 2 is 2.10 bits per heavy atom. The molecule has 2 aliphatic rings. The molecule has 0 aromatic carbocycles. The quantitative estimate of drug-likeness (QED) is 0.601. The topological polar surface area (TPSA) is 44.0 Å². The number of nitriles is 1. The van der Waals surface area contributed by atoms with Crippen LogP contribution in [0.2, 0.25) is 0 Å². The van der Waals surface area contributed by atoms with Crippen LogP contribution in [-0.2, 0) is 0 Å². The third-order valence-electron chi connectivity index (χ3n) is 1.22. The zero-order chi connectivity index (χ0) is 7.56. The van der Waals surface area contributed by atoms with Crippen LogP contribution in [0, 0.1) is 11.6 Å². The minimum atomic E-state index is 0.250. The van der Waals surface area contributed by atoms with Gasteiger partial charge in [-0.15, -0.1) is 4.39 Å². The van der Waals surface area contributed by atoms with Crippen molar-refractivity contribution < 1.29 is 9.50 Å². The Morgan fingerprint density at radius 3 is 2.20 bits per heavy atom. The van der Waals surface area contributed by atoms with Gasteiger partial charge in [-0.3, -0.25) is 0 Å². The number of hydrogen-bond donors (Lipinski definition) is 1. The Bertz CT molecular complexity index is 290. The van der Waals surface area contributed by atoms with Gasteiger partial charge >= 0.3 is 0 Å². The lowest BCUT2D eigenvalue weighted by Crippen LogP contribution is -1.43. The van der Waals surface area contributed by atoms with Gasteiger partial charge in [0.1, 0.15) is 5.75 Å². The first-order chi connectivity index (χ1) is 4.79. The van der Waals surface area contributed by atoms with E-state index in [0.29, 0.717) is 5.75 Å². The molecular formula is C7H4FNO. The Hall–Kier alpha value is -1.56. The molecule has 0 unspecified atom stereocenters. The van der Waals surface area contributed by atoms with Crippen molar-refractivity contribution in [3.05, 3.63) is 18.2 Å². The maximum Gasteiger partial charge on any atom is 0.273 e. The van der Waals surface area contributed by atoms with Gasteiger partial charge in [-0.25, -0.2) is 0 Å². The van der Waals surface area contributed by atoms with Crippen molar-refractivity contribution in [1.29, 1.82) is 5.26 Å². The van der Waals surface area contributed by atoms with Crippen molar-refractivity contribution in [3.8, 4) is 23.2 Å². The van der Waals surface area contributed by atoms with Gasteiger partial charge in [0.25, 0.3) is 6.32 Å². The Balaban J connectivity index is 0.000000148. The highest BCUT2D eigenvalue weighted by atomic mass is 19.1. The van der Waals surface area contributed by atoms with Crippen LogP contribution in [0.5, 0.6) is 5.75 Å². The SMILES string of the molecule is N#CF.Oc1ccc2cc1-2. The third kappa shape index (κ3) is 1.06. The summed E-state index contributed by atoms with van der Waals surface area (Å²) < 4.78 is 9.60. The molecule has 2 rings (SSSR count). The first-order valence-electron chi connectivity index (χ1n) is 2.62.